The molecule has 3 nitrogen and oxygen atoms in total. The molecule has 3 heteroatoms. The summed E-state index contributed by atoms with van der Waals surface area (Å²) in [5.74, 6) is 0. The first-order valence-electron chi connectivity index (χ1n) is 5.99. The van der Waals surface area contributed by atoms with Crippen molar-refractivity contribution >= 4 is 5.69 Å². The molecule has 0 atom stereocenters. The summed E-state index contributed by atoms with van der Waals surface area (Å²) in [6.07, 6.45) is 2.35. The monoisotopic (exact) mass is 220 g/mol. The van der Waals surface area contributed by atoms with Crippen molar-refractivity contribution in [3.05, 3.63) is 29.8 Å². The fourth-order valence-corrected chi connectivity index (χ4v) is 2.02. The van der Waals surface area contributed by atoms with E-state index in [4.69, 9.17) is 10.5 Å². The lowest BCUT2D eigenvalue weighted by molar-refractivity contribution is 0.0375. The Morgan fingerprint density at radius 3 is 2.50 bits per heavy atom. The summed E-state index contributed by atoms with van der Waals surface area (Å²) in [6, 6.07) is 8.19. The molecule has 2 rings (SSSR count). The van der Waals surface area contributed by atoms with Gasteiger partial charge in [0.1, 0.15) is 0 Å². The van der Waals surface area contributed by atoms with Crippen molar-refractivity contribution in [2.24, 2.45) is 0 Å². The van der Waals surface area contributed by atoms with Crippen LogP contribution in [0.15, 0.2) is 24.3 Å². The summed E-state index contributed by atoms with van der Waals surface area (Å²) in [4.78, 5) is 2.47. The summed E-state index contributed by atoms with van der Waals surface area (Å²) in [6.45, 7) is 5.13. The Labute approximate surface area is 97.2 Å². The predicted octanol–water partition coefficient (Wildman–Crippen LogP) is 1.53. The van der Waals surface area contributed by atoms with Gasteiger partial charge in [-0.1, -0.05) is 12.1 Å². The molecule has 2 N–H and O–H groups in total. The number of rotatable bonds is 4. The maximum absolute atomic E-state index is 5.65. The molecule has 0 aliphatic carbocycles. The second-order valence-corrected chi connectivity index (χ2v) is 4.30. The van der Waals surface area contributed by atoms with E-state index in [0.29, 0.717) is 0 Å². The van der Waals surface area contributed by atoms with Gasteiger partial charge in [0, 0.05) is 18.8 Å². The van der Waals surface area contributed by atoms with Gasteiger partial charge in [-0.3, -0.25) is 4.90 Å². The van der Waals surface area contributed by atoms with Crippen molar-refractivity contribution in [2.45, 2.75) is 12.8 Å². The Hall–Kier alpha value is -1.06. The molecule has 16 heavy (non-hydrogen) atoms. The molecule has 1 aliphatic rings. The van der Waals surface area contributed by atoms with Gasteiger partial charge in [0.05, 0.1) is 13.2 Å². The van der Waals surface area contributed by atoms with E-state index < -0.39 is 0 Å². The lowest BCUT2D eigenvalue weighted by atomic mass is 10.1. The maximum Gasteiger partial charge on any atom is 0.0594 e. The SMILES string of the molecule is Nc1ccc(CCCN2CCOCC2)cc1. The zero-order valence-corrected chi connectivity index (χ0v) is 9.69. The zero-order valence-electron chi connectivity index (χ0n) is 9.69. The number of nitrogens with zero attached hydrogens (tertiary/aromatic N) is 1. The van der Waals surface area contributed by atoms with Gasteiger partial charge in [-0.2, -0.15) is 0 Å². The minimum atomic E-state index is 0.844. The van der Waals surface area contributed by atoms with Gasteiger partial charge in [-0.25, -0.2) is 0 Å². The van der Waals surface area contributed by atoms with Crippen molar-refractivity contribution in [1.82, 2.24) is 4.90 Å². The van der Waals surface area contributed by atoms with Gasteiger partial charge in [0.25, 0.3) is 0 Å². The van der Waals surface area contributed by atoms with E-state index in [0.717, 1.165) is 38.4 Å². The largest absolute Gasteiger partial charge is 0.399 e. The molecule has 0 unspecified atom stereocenters. The Kier molecular flexibility index (Phi) is 4.19. The van der Waals surface area contributed by atoms with E-state index in [-0.39, 0.29) is 0 Å². The van der Waals surface area contributed by atoms with Crippen LogP contribution in [0, 0.1) is 0 Å². The highest BCUT2D eigenvalue weighted by molar-refractivity contribution is 5.39. The highest BCUT2D eigenvalue weighted by Crippen LogP contribution is 2.08. The molecule has 1 heterocycles. The van der Waals surface area contributed by atoms with Crippen molar-refractivity contribution in [1.29, 1.82) is 0 Å². The van der Waals surface area contributed by atoms with Crippen LogP contribution in [-0.4, -0.2) is 37.7 Å². The molecule has 0 amide bonds. The smallest absolute Gasteiger partial charge is 0.0594 e. The van der Waals surface area contributed by atoms with Crippen LogP contribution < -0.4 is 5.73 Å². The molecule has 1 aliphatic heterocycles. The van der Waals surface area contributed by atoms with Gasteiger partial charge >= 0.3 is 0 Å². The molecule has 1 saturated heterocycles. The second-order valence-electron chi connectivity index (χ2n) is 4.30. The topological polar surface area (TPSA) is 38.5 Å². The lowest BCUT2D eigenvalue weighted by Gasteiger charge is -2.26. The van der Waals surface area contributed by atoms with Gasteiger partial charge in [0.15, 0.2) is 0 Å². The van der Waals surface area contributed by atoms with Gasteiger partial charge in [0.2, 0.25) is 0 Å². The summed E-state index contributed by atoms with van der Waals surface area (Å²) in [7, 11) is 0. The highest BCUT2D eigenvalue weighted by Gasteiger charge is 2.09. The molecule has 88 valence electrons. The summed E-state index contributed by atoms with van der Waals surface area (Å²) >= 11 is 0. The second kappa shape index (κ2) is 5.87. The molecular formula is C13H20N2O. The van der Waals surface area contributed by atoms with E-state index in [1.165, 1.54) is 18.5 Å². The minimum absolute atomic E-state index is 0.844. The molecule has 1 aromatic carbocycles. The highest BCUT2D eigenvalue weighted by atomic mass is 16.5. The number of ether oxygens (including phenoxy) is 1. The molecule has 1 aromatic rings. The Morgan fingerprint density at radius 1 is 1.12 bits per heavy atom. The first-order valence-corrected chi connectivity index (χ1v) is 5.99. The summed E-state index contributed by atoms with van der Waals surface area (Å²) < 4.78 is 5.32. The number of nitrogen functional groups attached to an aromatic ring is 1. The van der Waals surface area contributed by atoms with E-state index in [1.54, 1.807) is 0 Å². The zero-order chi connectivity index (χ0) is 11.2. The normalized spacial score (nSPS) is 17.5. The van der Waals surface area contributed by atoms with Gasteiger partial charge in [-0.05, 0) is 37.1 Å². The van der Waals surface area contributed by atoms with Crippen LogP contribution in [0.4, 0.5) is 5.69 Å². The third-order valence-corrected chi connectivity index (χ3v) is 3.02. The first-order chi connectivity index (χ1) is 7.84. The van der Waals surface area contributed by atoms with Crippen molar-refractivity contribution < 1.29 is 4.74 Å². The molecule has 0 saturated carbocycles. The molecule has 0 spiro atoms. The van der Waals surface area contributed by atoms with Gasteiger partial charge in [-0.15, -0.1) is 0 Å². The van der Waals surface area contributed by atoms with Gasteiger partial charge < -0.3 is 10.5 Å². The number of anilines is 1. The standard InChI is InChI=1S/C13H20N2O/c14-13-5-3-12(4-6-13)2-1-7-15-8-10-16-11-9-15/h3-6H,1-2,7-11,14H2. The van der Waals surface area contributed by atoms with Crippen molar-refractivity contribution in [3.8, 4) is 0 Å². The number of benzene rings is 1. The molecule has 0 aromatic heterocycles. The Morgan fingerprint density at radius 2 is 1.81 bits per heavy atom. The first kappa shape index (κ1) is 11.4. The predicted molar refractivity (Wildman–Crippen MR) is 66.4 cm³/mol. The summed E-state index contributed by atoms with van der Waals surface area (Å²) in [5, 5.41) is 0. The van der Waals surface area contributed by atoms with E-state index in [9.17, 15) is 0 Å². The van der Waals surface area contributed by atoms with Crippen molar-refractivity contribution in [3.63, 3.8) is 0 Å². The third-order valence-electron chi connectivity index (χ3n) is 3.02. The van der Waals surface area contributed by atoms with Crippen LogP contribution >= 0.6 is 0 Å². The lowest BCUT2D eigenvalue weighted by Crippen LogP contribution is -2.36. The number of nitrogens with two attached hydrogens (primary N) is 1. The maximum atomic E-state index is 5.65. The average Bonchev–Trinajstić information content (AvgIpc) is 2.33. The third kappa shape index (κ3) is 3.51. The number of aryl methyl sites for hydroxylation is 1. The van der Waals surface area contributed by atoms with Crippen molar-refractivity contribution in [2.75, 3.05) is 38.6 Å². The number of hydrogen-bond acceptors (Lipinski definition) is 3. The molecule has 0 radical (unpaired) electrons. The fraction of sp³-hybridized carbons (Fsp3) is 0.538. The Balaban J connectivity index is 1.69. The van der Waals surface area contributed by atoms with E-state index in [2.05, 4.69) is 17.0 Å². The molecule has 1 fully saturated rings. The van der Waals surface area contributed by atoms with Crippen LogP contribution in [0.3, 0.4) is 0 Å². The number of hydrogen-bond donors (Lipinski definition) is 1. The van der Waals surface area contributed by atoms with E-state index >= 15 is 0 Å². The molecule has 0 bridgehead atoms. The van der Waals surface area contributed by atoms with E-state index in [1.807, 2.05) is 12.1 Å². The Bertz CT molecular complexity index is 304. The van der Waals surface area contributed by atoms with Crippen LogP contribution in [0.1, 0.15) is 12.0 Å². The summed E-state index contributed by atoms with van der Waals surface area (Å²) in [5.41, 5.74) is 7.87. The molecular weight excluding hydrogens is 200 g/mol. The number of morpholine rings is 1. The fourth-order valence-electron chi connectivity index (χ4n) is 2.02. The minimum Gasteiger partial charge on any atom is -0.399 e. The van der Waals surface area contributed by atoms with Crippen LogP contribution in [-0.2, 0) is 11.2 Å². The van der Waals surface area contributed by atoms with Crippen LogP contribution in [0.25, 0.3) is 0 Å². The average molecular weight is 220 g/mol. The van der Waals surface area contributed by atoms with Crippen LogP contribution in [0.5, 0.6) is 0 Å². The quantitative estimate of drug-likeness (QED) is 0.782. The van der Waals surface area contributed by atoms with Crippen LogP contribution in [0.2, 0.25) is 0 Å².